The molecular formula is C4H11Al2O9P3. The van der Waals surface area contributed by atoms with Gasteiger partial charge in [-0.05, 0) is 0 Å². The van der Waals surface area contributed by atoms with E-state index in [9.17, 15) is 0 Å². The molecule has 0 unspecified atom stereocenters. The maximum Gasteiger partial charge on any atom is 3.00 e. The molecule has 0 aliphatic rings. The SMILES string of the molecule is C=C.C=C.O=[PH]([O-])[O-].O=[PH]([O-])[O-].O=[PH]([O-])[O-].[Al+3].[Al+3]. The molecule has 14 heteroatoms. The quantitative estimate of drug-likeness (QED) is 0.234. The molecule has 0 aliphatic heterocycles. The first-order chi connectivity index (χ1) is 7.20. The van der Waals surface area contributed by atoms with Crippen molar-refractivity contribution in [1.82, 2.24) is 0 Å². The van der Waals surface area contributed by atoms with E-state index in [-0.39, 0.29) is 34.7 Å². The number of rotatable bonds is 0. The monoisotopic (exact) mass is 350 g/mol. The molecule has 0 saturated heterocycles. The van der Waals surface area contributed by atoms with Crippen LogP contribution in [-0.2, 0) is 13.7 Å². The van der Waals surface area contributed by atoms with Gasteiger partial charge in [-0.15, -0.1) is 26.3 Å². The molecule has 0 aliphatic carbocycles. The second-order valence-electron chi connectivity index (χ2n) is 0.750. The van der Waals surface area contributed by atoms with E-state index >= 15 is 0 Å². The van der Waals surface area contributed by atoms with Crippen LogP contribution in [0.4, 0.5) is 0 Å². The molecule has 102 valence electrons. The molecule has 0 atom stereocenters. The van der Waals surface area contributed by atoms with Gasteiger partial charge in [0.15, 0.2) is 0 Å². The third kappa shape index (κ3) is 4390. The van der Waals surface area contributed by atoms with Crippen LogP contribution in [0.5, 0.6) is 0 Å². The zero-order valence-electron chi connectivity index (χ0n) is 9.16. The van der Waals surface area contributed by atoms with Gasteiger partial charge in [0.25, 0.3) is 0 Å². The van der Waals surface area contributed by atoms with Crippen molar-refractivity contribution in [2.24, 2.45) is 0 Å². The molecular weight excluding hydrogens is 339 g/mol. The predicted molar refractivity (Wildman–Crippen MR) is 61.0 cm³/mol. The fraction of sp³-hybridized carbons (Fsp3) is 0. The topological polar surface area (TPSA) is 190 Å². The Morgan fingerprint density at radius 3 is 0.500 bits per heavy atom. The normalized spacial score (nSPS) is 6.28. The van der Waals surface area contributed by atoms with Gasteiger partial charge in [0, 0.05) is 0 Å². The Labute approximate surface area is 129 Å². The van der Waals surface area contributed by atoms with Gasteiger partial charge in [-0.3, -0.25) is 0 Å². The fourth-order valence-electron chi connectivity index (χ4n) is 0. The smallest absolute Gasteiger partial charge is 0.813 e. The van der Waals surface area contributed by atoms with Gasteiger partial charge in [0.1, 0.15) is 0 Å². The van der Waals surface area contributed by atoms with Crippen molar-refractivity contribution in [2.75, 3.05) is 0 Å². The van der Waals surface area contributed by atoms with E-state index in [0.717, 1.165) is 0 Å². The average Bonchev–Trinajstić information content (AvgIpc) is 2.07. The summed E-state index contributed by atoms with van der Waals surface area (Å²) in [4.78, 5) is 51.1. The van der Waals surface area contributed by atoms with Crippen molar-refractivity contribution < 1.29 is 43.1 Å². The van der Waals surface area contributed by atoms with Crippen LogP contribution >= 0.6 is 24.8 Å². The Morgan fingerprint density at radius 2 is 0.500 bits per heavy atom. The summed E-state index contributed by atoms with van der Waals surface area (Å²) in [6.07, 6.45) is 0. The summed E-state index contributed by atoms with van der Waals surface area (Å²) in [5.41, 5.74) is 0. The van der Waals surface area contributed by atoms with Gasteiger partial charge < -0.3 is 43.1 Å². The minimum Gasteiger partial charge on any atom is -0.813 e. The predicted octanol–water partition coefficient (Wildman–Crippen LogP) is -4.87. The van der Waals surface area contributed by atoms with E-state index in [2.05, 4.69) is 26.3 Å². The molecule has 0 fully saturated rings. The zero-order valence-corrected chi connectivity index (χ0v) is 14.5. The first-order valence-electron chi connectivity index (χ1n) is 2.84. The van der Waals surface area contributed by atoms with Crippen LogP contribution in [0.25, 0.3) is 0 Å². The Morgan fingerprint density at radius 1 is 0.500 bits per heavy atom. The second kappa shape index (κ2) is 52.0. The number of hydrogen-bond acceptors (Lipinski definition) is 9. The molecule has 0 aromatic heterocycles. The second-order valence-corrected chi connectivity index (χ2v) is 2.25. The molecule has 0 aromatic carbocycles. The summed E-state index contributed by atoms with van der Waals surface area (Å²) in [6, 6.07) is 0. The Bertz CT molecular complexity index is 150. The van der Waals surface area contributed by atoms with Crippen LogP contribution < -0.4 is 29.4 Å². The van der Waals surface area contributed by atoms with Gasteiger partial charge in [-0.25, -0.2) is 0 Å². The maximum absolute atomic E-state index is 8.52. The minimum absolute atomic E-state index is 0. The first kappa shape index (κ1) is 42.8. The van der Waals surface area contributed by atoms with E-state index in [1.165, 1.54) is 0 Å². The van der Waals surface area contributed by atoms with Crippen LogP contribution in [0.3, 0.4) is 0 Å². The van der Waals surface area contributed by atoms with E-state index < -0.39 is 24.8 Å². The van der Waals surface area contributed by atoms with E-state index in [4.69, 9.17) is 43.1 Å². The van der Waals surface area contributed by atoms with Crippen molar-refractivity contribution in [3.8, 4) is 0 Å². The van der Waals surface area contributed by atoms with Crippen LogP contribution in [0, 0.1) is 0 Å². The molecule has 0 amide bonds. The Balaban J connectivity index is -0.0000000169. The van der Waals surface area contributed by atoms with Gasteiger partial charge >= 0.3 is 34.7 Å². The van der Waals surface area contributed by atoms with Gasteiger partial charge in [-0.1, -0.05) is 24.8 Å². The van der Waals surface area contributed by atoms with Crippen molar-refractivity contribution in [1.29, 1.82) is 0 Å². The minimum atomic E-state index is -3.63. The molecule has 18 heavy (non-hydrogen) atoms. The van der Waals surface area contributed by atoms with Crippen molar-refractivity contribution in [3.63, 3.8) is 0 Å². The molecule has 0 saturated carbocycles. The summed E-state index contributed by atoms with van der Waals surface area (Å²) in [5, 5.41) is 0. The summed E-state index contributed by atoms with van der Waals surface area (Å²) in [6.45, 7) is 12.0. The Kier molecular flexibility index (Phi) is 124. The van der Waals surface area contributed by atoms with Gasteiger partial charge in [0.05, 0.1) is 0 Å². The summed E-state index contributed by atoms with van der Waals surface area (Å²) in [5.74, 6) is 0. The average molecular weight is 350 g/mol. The van der Waals surface area contributed by atoms with Gasteiger partial charge in [0.2, 0.25) is 0 Å². The van der Waals surface area contributed by atoms with Crippen molar-refractivity contribution >= 4 is 59.5 Å². The summed E-state index contributed by atoms with van der Waals surface area (Å²) < 4.78 is 25.6. The third-order valence-corrected chi connectivity index (χ3v) is 0. The van der Waals surface area contributed by atoms with Crippen LogP contribution in [-0.4, -0.2) is 34.7 Å². The number of hydrogen-bond donors (Lipinski definition) is 0. The van der Waals surface area contributed by atoms with Crippen molar-refractivity contribution in [2.45, 2.75) is 0 Å². The maximum atomic E-state index is 8.52. The standard InChI is InChI=1S/2C2H4.2Al.3H3O3P/c2*1-2;;;3*1-4(2)3/h2*1-2H2;;;3*4H,(H2,1,2,3)/q;;2*+3;;;/p-6. The molecule has 0 spiro atoms. The molecule has 0 radical (unpaired) electrons. The van der Waals surface area contributed by atoms with Crippen LogP contribution in [0.2, 0.25) is 0 Å². The molecule has 0 heterocycles. The van der Waals surface area contributed by atoms with Crippen LogP contribution in [0.1, 0.15) is 0 Å². The fourth-order valence-corrected chi connectivity index (χ4v) is 0. The van der Waals surface area contributed by atoms with Crippen LogP contribution in [0.15, 0.2) is 26.3 Å². The zero-order chi connectivity index (χ0) is 14.7. The summed E-state index contributed by atoms with van der Waals surface area (Å²) >= 11 is 0. The third-order valence-electron chi connectivity index (χ3n) is 0. The van der Waals surface area contributed by atoms with E-state index in [1.807, 2.05) is 0 Å². The first-order valence-corrected chi connectivity index (χ1v) is 6.51. The van der Waals surface area contributed by atoms with Gasteiger partial charge in [-0.2, -0.15) is 0 Å². The Hall–Kier alpha value is 0.995. The molecule has 0 rings (SSSR count). The molecule has 0 N–H and O–H groups in total. The molecule has 0 bridgehead atoms. The van der Waals surface area contributed by atoms with Crippen molar-refractivity contribution in [3.05, 3.63) is 26.3 Å². The van der Waals surface area contributed by atoms with E-state index in [0.29, 0.717) is 0 Å². The summed E-state index contributed by atoms with van der Waals surface area (Å²) in [7, 11) is -10.9. The molecule has 0 aromatic rings. The molecule has 9 nitrogen and oxygen atoms in total. The van der Waals surface area contributed by atoms with E-state index in [1.54, 1.807) is 0 Å². The largest absolute Gasteiger partial charge is 3.00 e.